The second-order valence-corrected chi connectivity index (χ2v) is 4.95. The first-order valence-electron chi connectivity index (χ1n) is 7.97. The Morgan fingerprint density at radius 1 is 0.632 bits per heavy atom. The lowest BCUT2D eigenvalue weighted by Crippen LogP contribution is -1.81. The minimum atomic E-state index is 0.332. The number of hydrogen-bond donors (Lipinski definition) is 1. The van der Waals surface area contributed by atoms with Crippen LogP contribution in [0.15, 0.2) is 36.5 Å². The van der Waals surface area contributed by atoms with Crippen molar-refractivity contribution in [1.29, 1.82) is 0 Å². The standard InChI is InChI=1S/C18H32O/c1-2-3-4-5-6-7-8-9-10-11-12-13-14-15-16-17-18-19/h6-7,9-10,12-13,19H,2-5,8,11,14-18H2,1H3/b7-6-,10-9-,13-12-. The fourth-order valence-electron chi connectivity index (χ4n) is 1.84. The molecule has 0 rings (SSSR count). The molecule has 0 heterocycles. The molecule has 1 N–H and O–H groups in total. The molecule has 0 aromatic heterocycles. The van der Waals surface area contributed by atoms with Crippen molar-refractivity contribution in [3.8, 4) is 0 Å². The molecule has 110 valence electrons. The van der Waals surface area contributed by atoms with Crippen LogP contribution in [-0.4, -0.2) is 11.7 Å². The fraction of sp³-hybridized carbons (Fsp3) is 0.667. The average molecular weight is 264 g/mol. The van der Waals surface area contributed by atoms with Gasteiger partial charge in [-0.3, -0.25) is 0 Å². The first-order valence-corrected chi connectivity index (χ1v) is 7.97. The van der Waals surface area contributed by atoms with Gasteiger partial charge in [-0.1, -0.05) is 62.6 Å². The van der Waals surface area contributed by atoms with E-state index in [0.717, 1.165) is 32.1 Å². The summed E-state index contributed by atoms with van der Waals surface area (Å²) < 4.78 is 0. The quantitative estimate of drug-likeness (QED) is 0.340. The van der Waals surface area contributed by atoms with Gasteiger partial charge in [0, 0.05) is 6.61 Å². The smallest absolute Gasteiger partial charge is 0.0431 e. The summed E-state index contributed by atoms with van der Waals surface area (Å²) in [5.74, 6) is 0. The molecule has 0 spiro atoms. The van der Waals surface area contributed by atoms with Crippen molar-refractivity contribution < 1.29 is 5.11 Å². The van der Waals surface area contributed by atoms with Gasteiger partial charge in [0.25, 0.3) is 0 Å². The zero-order valence-corrected chi connectivity index (χ0v) is 12.7. The summed E-state index contributed by atoms with van der Waals surface area (Å²) in [7, 11) is 0. The molecule has 0 radical (unpaired) electrons. The largest absolute Gasteiger partial charge is 0.396 e. The molecule has 0 aliphatic heterocycles. The van der Waals surface area contributed by atoms with Gasteiger partial charge in [-0.2, -0.15) is 0 Å². The van der Waals surface area contributed by atoms with Crippen molar-refractivity contribution in [2.45, 2.75) is 71.1 Å². The number of aliphatic hydroxyl groups excluding tert-OH is 1. The SMILES string of the molecule is CCCCC/C=C\C/C=C\C/C=C\CCCCCO. The Labute approximate surface area is 120 Å². The predicted octanol–water partition coefficient (Wildman–Crippen LogP) is 5.57. The lowest BCUT2D eigenvalue weighted by molar-refractivity contribution is 0.283. The van der Waals surface area contributed by atoms with E-state index in [4.69, 9.17) is 5.11 Å². The number of hydrogen-bond acceptors (Lipinski definition) is 1. The van der Waals surface area contributed by atoms with Crippen molar-refractivity contribution in [2.24, 2.45) is 0 Å². The third-order valence-corrected chi connectivity index (χ3v) is 3.05. The molecule has 0 bridgehead atoms. The molecule has 0 amide bonds. The Morgan fingerprint density at radius 3 is 1.68 bits per heavy atom. The second kappa shape index (κ2) is 17.2. The maximum absolute atomic E-state index is 8.64. The zero-order valence-electron chi connectivity index (χ0n) is 12.7. The molecule has 0 saturated carbocycles. The molecule has 0 saturated heterocycles. The Morgan fingerprint density at radius 2 is 1.16 bits per heavy atom. The zero-order chi connectivity index (χ0) is 14.0. The van der Waals surface area contributed by atoms with E-state index in [1.807, 2.05) is 0 Å². The predicted molar refractivity (Wildman–Crippen MR) is 86.3 cm³/mol. The molecular weight excluding hydrogens is 232 g/mol. The van der Waals surface area contributed by atoms with Crippen LogP contribution in [0.5, 0.6) is 0 Å². The normalized spacial score (nSPS) is 12.3. The van der Waals surface area contributed by atoms with Crippen LogP contribution in [0.2, 0.25) is 0 Å². The van der Waals surface area contributed by atoms with Gasteiger partial charge in [-0.25, -0.2) is 0 Å². The highest BCUT2D eigenvalue weighted by Gasteiger charge is 1.84. The van der Waals surface area contributed by atoms with Crippen LogP contribution in [0.3, 0.4) is 0 Å². The van der Waals surface area contributed by atoms with Gasteiger partial charge in [-0.15, -0.1) is 0 Å². The van der Waals surface area contributed by atoms with Crippen LogP contribution >= 0.6 is 0 Å². The summed E-state index contributed by atoms with van der Waals surface area (Å²) in [4.78, 5) is 0. The Hall–Kier alpha value is -0.820. The van der Waals surface area contributed by atoms with Crippen LogP contribution in [0.1, 0.15) is 71.1 Å². The van der Waals surface area contributed by atoms with Gasteiger partial charge in [0.05, 0.1) is 0 Å². The van der Waals surface area contributed by atoms with Crippen molar-refractivity contribution >= 4 is 0 Å². The Bertz CT molecular complexity index is 238. The van der Waals surface area contributed by atoms with Gasteiger partial charge in [0.1, 0.15) is 0 Å². The van der Waals surface area contributed by atoms with Gasteiger partial charge in [-0.05, 0) is 44.9 Å². The number of rotatable bonds is 13. The average Bonchev–Trinajstić information content (AvgIpc) is 2.43. The molecule has 0 unspecified atom stereocenters. The number of allylic oxidation sites excluding steroid dienone is 6. The molecular formula is C18H32O. The van der Waals surface area contributed by atoms with E-state index in [2.05, 4.69) is 43.4 Å². The highest BCUT2D eigenvalue weighted by atomic mass is 16.2. The Kier molecular flexibility index (Phi) is 16.4. The molecule has 19 heavy (non-hydrogen) atoms. The molecule has 1 heteroatoms. The summed E-state index contributed by atoms with van der Waals surface area (Å²) in [6.45, 7) is 2.57. The number of aliphatic hydroxyl groups is 1. The monoisotopic (exact) mass is 264 g/mol. The van der Waals surface area contributed by atoms with E-state index in [9.17, 15) is 0 Å². The Balaban J connectivity index is 3.26. The van der Waals surface area contributed by atoms with Crippen molar-refractivity contribution in [2.75, 3.05) is 6.61 Å². The summed E-state index contributed by atoms with van der Waals surface area (Å²) in [6, 6.07) is 0. The fourth-order valence-corrected chi connectivity index (χ4v) is 1.84. The second-order valence-electron chi connectivity index (χ2n) is 4.95. The van der Waals surface area contributed by atoms with Crippen LogP contribution in [0.4, 0.5) is 0 Å². The molecule has 0 aliphatic rings. The van der Waals surface area contributed by atoms with Crippen molar-refractivity contribution in [3.05, 3.63) is 36.5 Å². The van der Waals surface area contributed by atoms with Crippen LogP contribution < -0.4 is 0 Å². The highest BCUT2D eigenvalue weighted by molar-refractivity contribution is 4.97. The summed E-state index contributed by atoms with van der Waals surface area (Å²) in [6.07, 6.45) is 25.3. The van der Waals surface area contributed by atoms with E-state index in [-0.39, 0.29) is 0 Å². The van der Waals surface area contributed by atoms with E-state index in [0.29, 0.717) is 6.61 Å². The van der Waals surface area contributed by atoms with Gasteiger partial charge >= 0.3 is 0 Å². The lowest BCUT2D eigenvalue weighted by atomic mass is 10.2. The first-order chi connectivity index (χ1) is 9.41. The maximum atomic E-state index is 8.64. The van der Waals surface area contributed by atoms with Gasteiger partial charge in [0.15, 0.2) is 0 Å². The maximum Gasteiger partial charge on any atom is 0.0431 e. The van der Waals surface area contributed by atoms with E-state index in [1.165, 1.54) is 32.1 Å². The van der Waals surface area contributed by atoms with Crippen molar-refractivity contribution in [3.63, 3.8) is 0 Å². The van der Waals surface area contributed by atoms with Crippen molar-refractivity contribution in [1.82, 2.24) is 0 Å². The third-order valence-electron chi connectivity index (χ3n) is 3.05. The first kappa shape index (κ1) is 18.2. The molecule has 0 aromatic carbocycles. The lowest BCUT2D eigenvalue weighted by Gasteiger charge is -1.93. The summed E-state index contributed by atoms with van der Waals surface area (Å²) in [5.41, 5.74) is 0. The van der Waals surface area contributed by atoms with E-state index >= 15 is 0 Å². The molecule has 1 nitrogen and oxygen atoms in total. The highest BCUT2D eigenvalue weighted by Crippen LogP contribution is 2.02. The van der Waals surface area contributed by atoms with Gasteiger partial charge < -0.3 is 5.11 Å². The van der Waals surface area contributed by atoms with E-state index < -0.39 is 0 Å². The van der Waals surface area contributed by atoms with Crippen LogP contribution in [0, 0.1) is 0 Å². The minimum Gasteiger partial charge on any atom is -0.396 e. The molecule has 0 fully saturated rings. The summed E-state index contributed by atoms with van der Waals surface area (Å²) in [5, 5.41) is 8.64. The van der Waals surface area contributed by atoms with E-state index in [1.54, 1.807) is 0 Å². The molecule has 0 atom stereocenters. The van der Waals surface area contributed by atoms with Crippen LogP contribution in [0.25, 0.3) is 0 Å². The summed E-state index contributed by atoms with van der Waals surface area (Å²) >= 11 is 0. The van der Waals surface area contributed by atoms with Gasteiger partial charge in [0.2, 0.25) is 0 Å². The third kappa shape index (κ3) is 17.2. The molecule has 0 aliphatic carbocycles. The van der Waals surface area contributed by atoms with Crippen LogP contribution in [-0.2, 0) is 0 Å². The minimum absolute atomic E-state index is 0.332. The topological polar surface area (TPSA) is 20.2 Å². The number of unbranched alkanes of at least 4 members (excludes halogenated alkanes) is 6. The molecule has 0 aromatic rings.